The lowest BCUT2D eigenvalue weighted by molar-refractivity contribution is 0.00578. The summed E-state index contributed by atoms with van der Waals surface area (Å²) >= 11 is 1.86. The zero-order chi connectivity index (χ0) is 23.9. The third kappa shape index (κ3) is 3.12. The van der Waals surface area contributed by atoms with E-state index in [4.69, 9.17) is 13.7 Å². The fourth-order valence-corrected chi connectivity index (χ4v) is 6.28. The molecule has 0 atom stereocenters. The van der Waals surface area contributed by atoms with Crippen LogP contribution in [-0.4, -0.2) is 18.3 Å². The Morgan fingerprint density at radius 3 is 2.29 bits per heavy atom. The summed E-state index contributed by atoms with van der Waals surface area (Å²) in [5.74, 6) is 0. The predicted octanol–water partition coefficient (Wildman–Crippen LogP) is 7.92. The van der Waals surface area contributed by atoms with Crippen molar-refractivity contribution < 1.29 is 13.7 Å². The average Bonchev–Trinajstić information content (AvgIpc) is 3.49. The summed E-state index contributed by atoms with van der Waals surface area (Å²) in [7, 11) is -0.508. The quantitative estimate of drug-likeness (QED) is 0.238. The van der Waals surface area contributed by atoms with Crippen molar-refractivity contribution in [2.24, 2.45) is 0 Å². The molecule has 0 bridgehead atoms. The highest BCUT2D eigenvalue weighted by Gasteiger charge is 2.53. The van der Waals surface area contributed by atoms with Crippen molar-refractivity contribution in [3.05, 3.63) is 78.9 Å². The number of hydrogen-bond donors (Lipinski definition) is 0. The minimum atomic E-state index is -0.508. The van der Waals surface area contributed by atoms with Gasteiger partial charge in [0.25, 0.3) is 0 Å². The van der Waals surface area contributed by atoms with Gasteiger partial charge in [0.05, 0.1) is 11.2 Å². The van der Waals surface area contributed by atoms with Gasteiger partial charge in [0, 0.05) is 25.6 Å². The van der Waals surface area contributed by atoms with E-state index in [1.807, 2.05) is 11.3 Å². The summed E-state index contributed by atoms with van der Waals surface area (Å²) in [6.45, 7) is 8.24. The van der Waals surface area contributed by atoms with E-state index in [0.29, 0.717) is 5.66 Å². The number of hydrogen-bond acceptors (Lipinski definition) is 4. The van der Waals surface area contributed by atoms with E-state index in [9.17, 15) is 0 Å². The average molecular weight is 476 g/mol. The fraction of sp³-hybridized carbons (Fsp3) is 0.200. The molecule has 35 heavy (non-hydrogen) atoms. The Morgan fingerprint density at radius 2 is 1.46 bits per heavy atom. The third-order valence-electron chi connectivity index (χ3n) is 7.72. The van der Waals surface area contributed by atoms with Crippen molar-refractivity contribution in [1.29, 1.82) is 0 Å². The molecule has 172 valence electrons. The number of furan rings is 1. The first-order chi connectivity index (χ1) is 16.8. The number of thiophene rings is 1. The molecule has 0 N–H and O–H groups in total. The Bertz CT molecular complexity index is 1760. The first kappa shape index (κ1) is 21.2. The highest BCUT2D eigenvalue weighted by Crippen LogP contribution is 2.43. The zero-order valence-corrected chi connectivity index (χ0v) is 21.0. The van der Waals surface area contributed by atoms with Crippen LogP contribution in [0, 0.1) is 0 Å². The van der Waals surface area contributed by atoms with E-state index in [2.05, 4.69) is 107 Å². The van der Waals surface area contributed by atoms with Gasteiger partial charge in [-0.2, -0.15) is 0 Å². The number of benzene rings is 4. The van der Waals surface area contributed by atoms with Crippen LogP contribution in [0.3, 0.4) is 0 Å². The highest BCUT2D eigenvalue weighted by molar-refractivity contribution is 7.26. The lowest BCUT2D eigenvalue weighted by Crippen LogP contribution is -2.41. The smallest absolute Gasteiger partial charge is 0.465 e. The van der Waals surface area contributed by atoms with Crippen molar-refractivity contribution in [3.8, 4) is 11.1 Å². The molecule has 0 radical (unpaired) electrons. The van der Waals surface area contributed by atoms with Gasteiger partial charge in [-0.05, 0) is 79.9 Å². The third-order valence-corrected chi connectivity index (χ3v) is 8.84. The molecule has 1 aliphatic rings. The molecule has 0 spiro atoms. The van der Waals surface area contributed by atoms with Gasteiger partial charge < -0.3 is 13.7 Å². The largest absolute Gasteiger partial charge is 0.532 e. The Hall–Kier alpha value is -3.12. The standard InChI is InChI=1S/C30H25BO3S/c1-29(2)30(3,4)34-31(33-29)26-17-20-16-19(12-14-23(20)32-26)22-10-7-11-24-28(22)27-21-9-6-5-8-18(21)13-15-25(27)35-24/h5-17H,1-4H3. The maximum Gasteiger partial charge on any atom is 0.532 e. The van der Waals surface area contributed by atoms with Crippen LogP contribution in [0.2, 0.25) is 0 Å². The summed E-state index contributed by atoms with van der Waals surface area (Å²) in [4.78, 5) is 0. The van der Waals surface area contributed by atoms with Crippen molar-refractivity contribution in [1.82, 2.24) is 0 Å². The van der Waals surface area contributed by atoms with Gasteiger partial charge in [-0.25, -0.2) is 0 Å². The van der Waals surface area contributed by atoms with E-state index in [0.717, 1.165) is 11.0 Å². The van der Waals surface area contributed by atoms with Gasteiger partial charge >= 0.3 is 7.12 Å². The second-order valence-corrected chi connectivity index (χ2v) is 11.5. The van der Waals surface area contributed by atoms with Crippen LogP contribution >= 0.6 is 11.3 Å². The molecule has 0 unspecified atom stereocenters. The molecule has 1 saturated heterocycles. The van der Waals surface area contributed by atoms with Gasteiger partial charge in [-0.15, -0.1) is 11.3 Å². The van der Waals surface area contributed by atoms with Gasteiger partial charge in [0.2, 0.25) is 0 Å². The van der Waals surface area contributed by atoms with Crippen LogP contribution < -0.4 is 5.66 Å². The Labute approximate surface area is 208 Å². The number of fused-ring (bicyclic) bond motifs is 6. The second-order valence-electron chi connectivity index (χ2n) is 10.4. The van der Waals surface area contributed by atoms with Crippen molar-refractivity contribution in [2.75, 3.05) is 0 Å². The molecule has 7 rings (SSSR count). The van der Waals surface area contributed by atoms with Crippen LogP contribution in [-0.2, 0) is 9.31 Å². The normalized spacial score (nSPS) is 17.3. The van der Waals surface area contributed by atoms with Crippen molar-refractivity contribution >= 4 is 66.0 Å². The molecule has 4 aromatic carbocycles. The number of rotatable bonds is 2. The second kappa shape index (κ2) is 7.20. The summed E-state index contributed by atoms with van der Waals surface area (Å²) in [6, 6.07) is 28.2. The Kier molecular flexibility index (Phi) is 4.36. The van der Waals surface area contributed by atoms with Gasteiger partial charge in [0.1, 0.15) is 11.2 Å². The minimum Gasteiger partial charge on any atom is -0.465 e. The van der Waals surface area contributed by atoms with Crippen LogP contribution in [0.25, 0.3) is 53.0 Å². The lowest BCUT2D eigenvalue weighted by atomic mass is 9.86. The molecule has 0 aliphatic carbocycles. The highest BCUT2D eigenvalue weighted by atomic mass is 32.1. The first-order valence-electron chi connectivity index (χ1n) is 12.0. The van der Waals surface area contributed by atoms with E-state index in [1.54, 1.807) is 0 Å². The summed E-state index contributed by atoms with van der Waals surface area (Å²) in [5, 5.41) is 6.28. The topological polar surface area (TPSA) is 31.6 Å². The summed E-state index contributed by atoms with van der Waals surface area (Å²) in [5.41, 5.74) is 3.16. The van der Waals surface area contributed by atoms with Crippen LogP contribution in [0.1, 0.15) is 27.7 Å². The van der Waals surface area contributed by atoms with Crippen LogP contribution in [0.15, 0.2) is 83.3 Å². The maximum atomic E-state index is 6.22. The van der Waals surface area contributed by atoms with E-state index >= 15 is 0 Å². The van der Waals surface area contributed by atoms with Gasteiger partial charge in [-0.1, -0.05) is 48.5 Å². The molecule has 5 heteroatoms. The molecule has 6 aromatic rings. The summed E-state index contributed by atoms with van der Waals surface area (Å²) < 4.78 is 21.2. The molecule has 2 aromatic heterocycles. The lowest BCUT2D eigenvalue weighted by Gasteiger charge is -2.32. The zero-order valence-electron chi connectivity index (χ0n) is 20.2. The van der Waals surface area contributed by atoms with Crippen molar-refractivity contribution in [2.45, 2.75) is 38.9 Å². The van der Waals surface area contributed by atoms with E-state index in [1.165, 1.54) is 42.1 Å². The van der Waals surface area contributed by atoms with Gasteiger partial charge in [0.15, 0.2) is 0 Å². The predicted molar refractivity (Wildman–Crippen MR) is 148 cm³/mol. The van der Waals surface area contributed by atoms with Crippen molar-refractivity contribution in [3.63, 3.8) is 0 Å². The van der Waals surface area contributed by atoms with Crippen LogP contribution in [0.4, 0.5) is 0 Å². The minimum absolute atomic E-state index is 0.403. The molecular formula is C30H25BO3S. The maximum absolute atomic E-state index is 6.22. The van der Waals surface area contributed by atoms with E-state index < -0.39 is 18.3 Å². The molecule has 1 aliphatic heterocycles. The molecule has 0 saturated carbocycles. The SMILES string of the molecule is CC1(C)OB(c2cc3cc(-c4cccc5sc6ccc7ccccc7c6c45)ccc3o2)OC1(C)C. The molecule has 0 amide bonds. The van der Waals surface area contributed by atoms with Gasteiger partial charge in [-0.3, -0.25) is 0 Å². The fourth-order valence-electron chi connectivity index (χ4n) is 5.13. The first-order valence-corrected chi connectivity index (χ1v) is 12.8. The van der Waals surface area contributed by atoms with Crippen LogP contribution in [0.5, 0.6) is 0 Å². The Morgan fingerprint density at radius 1 is 0.686 bits per heavy atom. The molecule has 1 fully saturated rings. The molecule has 3 heterocycles. The monoisotopic (exact) mass is 476 g/mol. The van der Waals surface area contributed by atoms with E-state index in [-0.39, 0.29) is 0 Å². The Balaban J connectivity index is 1.39. The molecular weight excluding hydrogens is 451 g/mol. The summed E-state index contributed by atoms with van der Waals surface area (Å²) in [6.07, 6.45) is 0. The molecule has 3 nitrogen and oxygen atoms in total.